The van der Waals surface area contributed by atoms with Crippen LogP contribution in [0, 0.1) is 31.6 Å². The van der Waals surface area contributed by atoms with Crippen LogP contribution in [0.3, 0.4) is 0 Å². The van der Waals surface area contributed by atoms with Gasteiger partial charge in [-0.05, 0) is 56.6 Å². The summed E-state index contributed by atoms with van der Waals surface area (Å²) >= 11 is 0. The third kappa shape index (κ3) is 3.08. The van der Waals surface area contributed by atoms with Gasteiger partial charge in [-0.2, -0.15) is 5.10 Å². The molecule has 0 N–H and O–H groups in total. The Morgan fingerprint density at radius 3 is 2.56 bits per heavy atom. The molecule has 1 saturated heterocycles. The van der Waals surface area contributed by atoms with Crippen molar-refractivity contribution in [1.29, 1.82) is 0 Å². The predicted octanol–water partition coefficient (Wildman–Crippen LogP) is 3.22. The topological polar surface area (TPSA) is 37.2 Å². The molecule has 0 amide bonds. The average Bonchev–Trinajstić information content (AvgIpc) is 3.38. The van der Waals surface area contributed by atoms with Crippen molar-refractivity contribution in [3.05, 3.63) is 47.9 Å². The van der Waals surface area contributed by atoms with Crippen molar-refractivity contribution >= 4 is 5.69 Å². The van der Waals surface area contributed by atoms with E-state index in [1.54, 1.807) is 0 Å². The van der Waals surface area contributed by atoms with Crippen molar-refractivity contribution < 1.29 is 0 Å². The van der Waals surface area contributed by atoms with Crippen LogP contribution in [0.5, 0.6) is 0 Å². The first kappa shape index (κ1) is 17.0. The molecule has 5 rings (SSSR count). The van der Waals surface area contributed by atoms with E-state index < -0.39 is 0 Å². The summed E-state index contributed by atoms with van der Waals surface area (Å²) in [5.41, 5.74) is 3.59. The van der Waals surface area contributed by atoms with Crippen molar-refractivity contribution in [1.82, 2.24) is 19.7 Å². The van der Waals surface area contributed by atoms with Gasteiger partial charge in [0.25, 0.3) is 0 Å². The molecule has 0 spiro atoms. The highest BCUT2D eigenvalue weighted by Crippen LogP contribution is 2.43. The summed E-state index contributed by atoms with van der Waals surface area (Å²) in [4.78, 5) is 9.67. The molecule has 5 nitrogen and oxygen atoms in total. The maximum atomic E-state index is 4.77. The minimum atomic E-state index is 0.856. The summed E-state index contributed by atoms with van der Waals surface area (Å²) in [6.45, 7) is 10.1. The highest BCUT2D eigenvalue weighted by atomic mass is 15.4. The summed E-state index contributed by atoms with van der Waals surface area (Å²) in [7, 11) is 0. The standard InChI is InChI=1S/C22H29N5/c1-16-22(17(2)27(24-16)21-5-3-4-8-23-21)26-11-9-25(10-12-26)15-20-14-18-6-7-19(20)13-18/h3-8,18-20H,9-15H2,1-2H3. The molecule has 3 aliphatic rings. The van der Waals surface area contributed by atoms with Crippen molar-refractivity contribution in [3.63, 3.8) is 0 Å². The first-order valence-corrected chi connectivity index (χ1v) is 10.3. The van der Waals surface area contributed by atoms with Gasteiger partial charge in [0.2, 0.25) is 0 Å². The lowest BCUT2D eigenvalue weighted by molar-refractivity contribution is 0.204. The van der Waals surface area contributed by atoms with Crippen molar-refractivity contribution in [2.24, 2.45) is 17.8 Å². The minimum absolute atomic E-state index is 0.856. The molecular weight excluding hydrogens is 334 g/mol. The van der Waals surface area contributed by atoms with Crippen LogP contribution in [-0.2, 0) is 0 Å². The zero-order valence-corrected chi connectivity index (χ0v) is 16.4. The van der Waals surface area contributed by atoms with E-state index in [1.807, 2.05) is 29.1 Å². The molecule has 0 aromatic carbocycles. The van der Waals surface area contributed by atoms with Crippen LogP contribution < -0.4 is 4.90 Å². The SMILES string of the molecule is Cc1nn(-c2ccccn2)c(C)c1N1CCN(CC2CC3C=CC2C3)CC1. The molecule has 2 aliphatic carbocycles. The van der Waals surface area contributed by atoms with Crippen molar-refractivity contribution in [2.45, 2.75) is 26.7 Å². The quantitative estimate of drug-likeness (QED) is 0.782. The first-order chi connectivity index (χ1) is 13.2. The predicted molar refractivity (Wildman–Crippen MR) is 108 cm³/mol. The van der Waals surface area contributed by atoms with Gasteiger partial charge in [-0.25, -0.2) is 9.67 Å². The Kier molecular flexibility index (Phi) is 4.27. The number of hydrogen-bond donors (Lipinski definition) is 0. The molecule has 5 heteroatoms. The Labute approximate surface area is 161 Å². The molecule has 0 radical (unpaired) electrons. The van der Waals surface area contributed by atoms with E-state index in [9.17, 15) is 0 Å². The van der Waals surface area contributed by atoms with Crippen LogP contribution in [0.4, 0.5) is 5.69 Å². The molecule has 3 heterocycles. The number of allylic oxidation sites excluding steroid dienone is 2. The lowest BCUT2D eigenvalue weighted by atomic mass is 9.93. The van der Waals surface area contributed by atoms with E-state index in [0.717, 1.165) is 55.4 Å². The van der Waals surface area contributed by atoms with Crippen molar-refractivity contribution in [2.75, 3.05) is 37.6 Å². The van der Waals surface area contributed by atoms with Crippen LogP contribution >= 0.6 is 0 Å². The molecule has 142 valence electrons. The molecule has 2 aromatic rings. The molecule has 2 aromatic heterocycles. The molecule has 2 bridgehead atoms. The Balaban J connectivity index is 1.26. The monoisotopic (exact) mass is 363 g/mol. The van der Waals surface area contributed by atoms with E-state index in [-0.39, 0.29) is 0 Å². The molecule has 1 saturated carbocycles. The van der Waals surface area contributed by atoms with Gasteiger partial charge >= 0.3 is 0 Å². The first-order valence-electron chi connectivity index (χ1n) is 10.3. The third-order valence-electron chi connectivity index (χ3n) is 6.72. The summed E-state index contributed by atoms with van der Waals surface area (Å²) in [6, 6.07) is 5.98. The van der Waals surface area contributed by atoms with Gasteiger partial charge in [-0.3, -0.25) is 4.90 Å². The summed E-state index contributed by atoms with van der Waals surface area (Å²) in [6.07, 6.45) is 9.58. The smallest absolute Gasteiger partial charge is 0.153 e. The molecule has 1 aliphatic heterocycles. The fraction of sp³-hybridized carbons (Fsp3) is 0.545. The largest absolute Gasteiger partial charge is 0.366 e. The number of aryl methyl sites for hydroxylation is 1. The Morgan fingerprint density at radius 1 is 1.04 bits per heavy atom. The van der Waals surface area contributed by atoms with Gasteiger partial charge in [-0.15, -0.1) is 0 Å². The average molecular weight is 364 g/mol. The maximum Gasteiger partial charge on any atom is 0.153 e. The number of fused-ring (bicyclic) bond motifs is 2. The van der Waals surface area contributed by atoms with E-state index >= 15 is 0 Å². The fourth-order valence-electron chi connectivity index (χ4n) is 5.38. The number of piperazine rings is 1. The number of hydrogen-bond acceptors (Lipinski definition) is 4. The number of nitrogens with zero attached hydrogens (tertiary/aromatic N) is 5. The lowest BCUT2D eigenvalue weighted by Gasteiger charge is -2.38. The Morgan fingerprint density at radius 2 is 1.89 bits per heavy atom. The van der Waals surface area contributed by atoms with Crippen LogP contribution in [-0.4, -0.2) is 52.4 Å². The third-order valence-corrected chi connectivity index (χ3v) is 6.72. The highest BCUT2D eigenvalue weighted by Gasteiger charge is 2.36. The summed E-state index contributed by atoms with van der Waals surface area (Å²) in [5, 5.41) is 4.77. The van der Waals surface area contributed by atoms with Gasteiger partial charge < -0.3 is 4.90 Å². The zero-order valence-electron chi connectivity index (χ0n) is 16.4. The number of pyridine rings is 1. The Hall–Kier alpha value is -2.14. The van der Waals surface area contributed by atoms with Crippen LogP contribution in [0.15, 0.2) is 36.5 Å². The molecule has 2 fully saturated rings. The van der Waals surface area contributed by atoms with Crippen LogP contribution in [0.25, 0.3) is 5.82 Å². The second kappa shape index (κ2) is 6.79. The van der Waals surface area contributed by atoms with Gasteiger partial charge in [0.05, 0.1) is 17.1 Å². The molecule has 3 unspecified atom stereocenters. The van der Waals surface area contributed by atoms with E-state index in [4.69, 9.17) is 5.10 Å². The van der Waals surface area contributed by atoms with E-state index in [0.29, 0.717) is 0 Å². The second-order valence-corrected chi connectivity index (χ2v) is 8.45. The fourth-order valence-corrected chi connectivity index (χ4v) is 5.38. The second-order valence-electron chi connectivity index (χ2n) is 8.45. The van der Waals surface area contributed by atoms with E-state index in [2.05, 4.69) is 40.8 Å². The zero-order chi connectivity index (χ0) is 18.4. The number of anilines is 1. The molecule has 27 heavy (non-hydrogen) atoms. The van der Waals surface area contributed by atoms with Crippen LogP contribution in [0.1, 0.15) is 24.2 Å². The van der Waals surface area contributed by atoms with Crippen LogP contribution in [0.2, 0.25) is 0 Å². The normalized spacial score (nSPS) is 27.6. The Bertz CT molecular complexity index is 832. The van der Waals surface area contributed by atoms with E-state index in [1.165, 1.54) is 30.8 Å². The number of rotatable bonds is 4. The van der Waals surface area contributed by atoms with Gasteiger partial charge in [0.15, 0.2) is 5.82 Å². The minimum Gasteiger partial charge on any atom is -0.366 e. The summed E-state index contributed by atoms with van der Waals surface area (Å²) < 4.78 is 1.98. The molecular formula is C22H29N5. The maximum absolute atomic E-state index is 4.77. The lowest BCUT2D eigenvalue weighted by Crippen LogP contribution is -2.48. The summed E-state index contributed by atoms with van der Waals surface area (Å²) in [5.74, 6) is 3.52. The number of aromatic nitrogens is 3. The highest BCUT2D eigenvalue weighted by molar-refractivity contribution is 5.56. The van der Waals surface area contributed by atoms with Crippen molar-refractivity contribution in [3.8, 4) is 5.82 Å². The van der Waals surface area contributed by atoms with Gasteiger partial charge in [0, 0.05) is 38.9 Å². The molecule has 3 atom stereocenters. The van der Waals surface area contributed by atoms with Gasteiger partial charge in [-0.1, -0.05) is 18.2 Å². The van der Waals surface area contributed by atoms with Gasteiger partial charge in [0.1, 0.15) is 0 Å².